The number of allylic oxidation sites excluding steroid dienone is 1. The molecule has 12 nitrogen and oxygen atoms in total. The van der Waals surface area contributed by atoms with Gasteiger partial charge in [0.2, 0.25) is 11.7 Å². The van der Waals surface area contributed by atoms with Crippen molar-refractivity contribution in [3.05, 3.63) is 51.5 Å². The van der Waals surface area contributed by atoms with Gasteiger partial charge in [0, 0.05) is 36.9 Å². The molecule has 4 atom stereocenters. The molecule has 0 fully saturated rings. The summed E-state index contributed by atoms with van der Waals surface area (Å²) in [4.78, 5) is 64.6. The molecule has 3 aliphatic rings. The standard InChI is InChI=1S/C26H29N3O9/c1-10(30)28-7-6-15(31)12-4-5-16(32)18-13(12)8-11-9-14-20(29(2)3)22(34)19(25(27)37)24(36)26(14,38)23(35)17(11)21(18)33/h4-5,11,14,20,32,34-35,38H,6-9H2,1-3H3,(H2,27,37)(H,28,30)/t11-,14-,20-,26-/m0/s1. The average Bonchev–Trinajstić information content (AvgIpc) is 2.80. The number of rotatable bonds is 6. The number of likely N-dealkylation sites (N-methyl/N-ethyl adjacent to an activating group) is 1. The Labute approximate surface area is 217 Å². The highest BCUT2D eigenvalue weighted by atomic mass is 16.3. The van der Waals surface area contributed by atoms with E-state index in [9.17, 15) is 44.4 Å². The quantitative estimate of drug-likeness (QED) is 0.213. The van der Waals surface area contributed by atoms with E-state index in [0.29, 0.717) is 0 Å². The Bertz CT molecular complexity index is 1360. The molecule has 0 heterocycles. The number of phenols is 1. The maximum Gasteiger partial charge on any atom is 0.255 e. The van der Waals surface area contributed by atoms with Crippen LogP contribution in [0.5, 0.6) is 5.75 Å². The molecule has 3 aliphatic carbocycles. The largest absolute Gasteiger partial charge is 0.510 e. The number of nitrogens with one attached hydrogen (secondary N) is 1. The van der Waals surface area contributed by atoms with Crippen LogP contribution in [0.4, 0.5) is 0 Å². The van der Waals surface area contributed by atoms with Gasteiger partial charge in [-0.1, -0.05) is 0 Å². The van der Waals surface area contributed by atoms with E-state index in [1.54, 1.807) is 0 Å². The number of nitrogens with zero attached hydrogens (tertiary/aromatic N) is 1. The molecule has 0 aromatic heterocycles. The van der Waals surface area contributed by atoms with Crippen molar-refractivity contribution in [3.8, 4) is 5.75 Å². The zero-order valence-corrected chi connectivity index (χ0v) is 21.1. The van der Waals surface area contributed by atoms with Crippen molar-refractivity contribution >= 4 is 29.2 Å². The third-order valence-electron chi connectivity index (χ3n) is 7.63. The van der Waals surface area contributed by atoms with Crippen molar-refractivity contribution < 1.29 is 44.4 Å². The van der Waals surface area contributed by atoms with Crippen LogP contribution in [0.1, 0.15) is 46.0 Å². The van der Waals surface area contributed by atoms with Crippen molar-refractivity contribution in [2.75, 3.05) is 20.6 Å². The highest BCUT2D eigenvalue weighted by molar-refractivity contribution is 6.25. The van der Waals surface area contributed by atoms with Gasteiger partial charge in [0.25, 0.3) is 5.91 Å². The number of ketones is 3. The van der Waals surface area contributed by atoms with E-state index >= 15 is 0 Å². The Morgan fingerprint density at radius 3 is 2.39 bits per heavy atom. The molecular weight excluding hydrogens is 498 g/mol. The first-order chi connectivity index (χ1) is 17.7. The molecule has 0 unspecified atom stereocenters. The van der Waals surface area contributed by atoms with E-state index in [1.807, 2.05) is 0 Å². The Hall–Kier alpha value is -4.03. The van der Waals surface area contributed by atoms with Crippen molar-refractivity contribution in [1.82, 2.24) is 10.2 Å². The third kappa shape index (κ3) is 3.87. The topological polar surface area (TPSA) is 208 Å². The highest BCUT2D eigenvalue weighted by Crippen LogP contribution is 2.52. The number of carbonyl (C=O) groups excluding carboxylic acids is 5. The van der Waals surface area contributed by atoms with Gasteiger partial charge < -0.3 is 31.5 Å². The van der Waals surface area contributed by atoms with Gasteiger partial charge in [-0.15, -0.1) is 0 Å². The van der Waals surface area contributed by atoms with Crippen molar-refractivity contribution in [1.29, 1.82) is 0 Å². The summed E-state index contributed by atoms with van der Waals surface area (Å²) >= 11 is 0. The number of fused-ring (bicyclic) bond motifs is 3. The molecule has 4 rings (SSSR count). The predicted molar refractivity (Wildman–Crippen MR) is 131 cm³/mol. The lowest BCUT2D eigenvalue weighted by molar-refractivity contribution is -0.148. The molecule has 0 bridgehead atoms. The number of hydrogen-bond donors (Lipinski definition) is 6. The SMILES string of the molecule is CC(=O)NCCC(=O)c1ccc(O)c2c1C[C@H]1C[C@H]3[C@H](N(C)C)C(O)=C(C(N)=O)C(=O)[C@@]3(O)C(O)=C1C2=O. The Morgan fingerprint density at radius 1 is 1.16 bits per heavy atom. The van der Waals surface area contributed by atoms with Gasteiger partial charge in [0.15, 0.2) is 17.2 Å². The fourth-order valence-electron chi connectivity index (χ4n) is 6.00. The first kappa shape index (κ1) is 27.0. The lowest BCUT2D eigenvalue weighted by Gasteiger charge is -2.50. The minimum atomic E-state index is -2.73. The summed E-state index contributed by atoms with van der Waals surface area (Å²) in [5.74, 6) is -8.21. The van der Waals surface area contributed by atoms with E-state index in [-0.39, 0.29) is 59.8 Å². The van der Waals surface area contributed by atoms with Crippen LogP contribution in [0, 0.1) is 11.8 Å². The first-order valence-electron chi connectivity index (χ1n) is 12.0. The second-order valence-corrected chi connectivity index (χ2v) is 10.1. The summed E-state index contributed by atoms with van der Waals surface area (Å²) in [7, 11) is 3.08. The Kier molecular flexibility index (Phi) is 6.66. The van der Waals surface area contributed by atoms with Crippen LogP contribution in [-0.4, -0.2) is 86.8 Å². The van der Waals surface area contributed by atoms with Crippen LogP contribution in [0.25, 0.3) is 0 Å². The molecule has 1 aromatic rings. The van der Waals surface area contributed by atoms with E-state index in [2.05, 4.69) is 5.32 Å². The number of Topliss-reactive ketones (excluding diaryl/α,β-unsaturated/α-hetero) is 3. The number of carbonyl (C=O) groups is 5. The normalized spacial score (nSPS) is 26.6. The first-order valence-corrected chi connectivity index (χ1v) is 12.0. The third-order valence-corrected chi connectivity index (χ3v) is 7.63. The number of phenolic OH excluding ortho intramolecular Hbond substituents is 1. The number of aromatic hydroxyl groups is 1. The monoisotopic (exact) mass is 527 g/mol. The van der Waals surface area contributed by atoms with Gasteiger partial charge in [-0.3, -0.25) is 28.9 Å². The number of benzene rings is 1. The maximum atomic E-state index is 13.6. The summed E-state index contributed by atoms with van der Waals surface area (Å²) in [5, 5.41) is 46.7. The fraction of sp³-hybridized carbons (Fsp3) is 0.423. The van der Waals surface area contributed by atoms with E-state index in [0.717, 1.165) is 0 Å². The van der Waals surface area contributed by atoms with Crippen LogP contribution in [0.3, 0.4) is 0 Å². The smallest absolute Gasteiger partial charge is 0.255 e. The van der Waals surface area contributed by atoms with Gasteiger partial charge >= 0.3 is 0 Å². The molecule has 0 aliphatic heterocycles. The van der Waals surface area contributed by atoms with Gasteiger partial charge in [-0.25, -0.2) is 0 Å². The van der Waals surface area contributed by atoms with Crippen LogP contribution >= 0.6 is 0 Å². The van der Waals surface area contributed by atoms with Gasteiger partial charge in [0.05, 0.1) is 11.6 Å². The Morgan fingerprint density at radius 2 is 1.82 bits per heavy atom. The second kappa shape index (κ2) is 9.37. The lowest BCUT2D eigenvalue weighted by atomic mass is 9.58. The van der Waals surface area contributed by atoms with E-state index in [4.69, 9.17) is 5.73 Å². The molecule has 202 valence electrons. The van der Waals surface area contributed by atoms with Crippen molar-refractivity contribution in [3.63, 3.8) is 0 Å². The molecule has 38 heavy (non-hydrogen) atoms. The maximum absolute atomic E-state index is 13.6. The zero-order chi connectivity index (χ0) is 28.3. The molecule has 12 heteroatoms. The lowest BCUT2D eigenvalue weighted by Crippen LogP contribution is -2.63. The molecule has 0 spiro atoms. The minimum absolute atomic E-state index is 0.00412. The molecular formula is C26H29N3O9. The van der Waals surface area contributed by atoms with Gasteiger partial charge in [-0.05, 0) is 50.6 Å². The van der Waals surface area contributed by atoms with E-state index in [1.165, 1.54) is 38.1 Å². The number of hydrogen-bond acceptors (Lipinski definition) is 10. The van der Waals surface area contributed by atoms with Crippen molar-refractivity contribution in [2.45, 2.75) is 37.8 Å². The zero-order valence-electron chi connectivity index (χ0n) is 21.1. The van der Waals surface area contributed by atoms with Gasteiger partial charge in [0.1, 0.15) is 22.8 Å². The predicted octanol–water partition coefficient (Wildman–Crippen LogP) is -0.170. The number of amides is 2. The summed E-state index contributed by atoms with van der Waals surface area (Å²) in [6.45, 7) is 1.38. The van der Waals surface area contributed by atoms with Crippen LogP contribution in [-0.2, 0) is 20.8 Å². The van der Waals surface area contributed by atoms with Gasteiger partial charge in [-0.2, -0.15) is 0 Å². The minimum Gasteiger partial charge on any atom is -0.510 e. The highest BCUT2D eigenvalue weighted by Gasteiger charge is 2.63. The summed E-state index contributed by atoms with van der Waals surface area (Å²) in [6.07, 6.45) is -0.136. The van der Waals surface area contributed by atoms with Crippen LogP contribution in [0.15, 0.2) is 34.8 Å². The summed E-state index contributed by atoms with van der Waals surface area (Å²) < 4.78 is 0. The van der Waals surface area contributed by atoms with E-state index < -0.39 is 63.8 Å². The molecule has 0 saturated carbocycles. The molecule has 0 radical (unpaired) electrons. The number of primary amides is 1. The van der Waals surface area contributed by atoms with Crippen LogP contribution < -0.4 is 11.1 Å². The fourth-order valence-corrected chi connectivity index (χ4v) is 6.00. The molecule has 1 aromatic carbocycles. The number of aliphatic hydroxyl groups is 3. The number of nitrogens with two attached hydrogens (primary N) is 1. The molecule has 7 N–H and O–H groups in total. The average molecular weight is 528 g/mol. The Balaban J connectivity index is 1.86. The second-order valence-electron chi connectivity index (χ2n) is 10.1. The van der Waals surface area contributed by atoms with Crippen molar-refractivity contribution in [2.24, 2.45) is 17.6 Å². The van der Waals surface area contributed by atoms with Crippen LogP contribution in [0.2, 0.25) is 0 Å². The summed E-state index contributed by atoms with van der Waals surface area (Å²) in [5.41, 5.74) is 1.57. The molecule has 0 saturated heterocycles. The molecule has 2 amide bonds. The summed E-state index contributed by atoms with van der Waals surface area (Å²) in [6, 6.07) is 1.44. The number of aliphatic hydroxyl groups excluding tert-OH is 2.